The van der Waals surface area contributed by atoms with Crippen LogP contribution < -0.4 is 0 Å². The van der Waals surface area contributed by atoms with E-state index in [0.717, 1.165) is 10.5 Å². The fourth-order valence-corrected chi connectivity index (χ4v) is 4.58. The van der Waals surface area contributed by atoms with Crippen LogP contribution in [0.3, 0.4) is 0 Å². The number of ketones is 1. The topological polar surface area (TPSA) is 43.4 Å². The molecular weight excluding hydrogens is 340 g/mol. The number of alkyl halides is 1. The predicted molar refractivity (Wildman–Crippen MR) is 83.5 cm³/mol. The molecule has 0 bridgehead atoms. The number of carbonyl (C=O) groups is 2. The van der Waals surface area contributed by atoms with Gasteiger partial charge in [0.05, 0.1) is 17.4 Å². The van der Waals surface area contributed by atoms with Crippen LogP contribution in [0, 0.1) is 5.41 Å². The third-order valence-electron chi connectivity index (χ3n) is 3.64. The van der Waals surface area contributed by atoms with Gasteiger partial charge in [-0.05, 0) is 26.3 Å². The highest BCUT2D eigenvalue weighted by Crippen LogP contribution is 2.44. The first-order valence-corrected chi connectivity index (χ1v) is 8.20. The van der Waals surface area contributed by atoms with E-state index >= 15 is 0 Å². The Balaban J connectivity index is 2.40. The first-order valence-electron chi connectivity index (χ1n) is 6.40. The lowest BCUT2D eigenvalue weighted by molar-refractivity contribution is -0.150. The number of rotatable bonds is 2. The zero-order chi connectivity index (χ0) is 14.9. The average molecular weight is 357 g/mol. The fourth-order valence-electron chi connectivity index (χ4n) is 2.27. The normalized spacial score (nSPS) is 22.9. The van der Waals surface area contributed by atoms with Crippen LogP contribution >= 0.6 is 27.7 Å². The molecule has 0 amide bonds. The number of carbonyl (C=O) groups excluding carboxylic acids is 2. The zero-order valence-electron chi connectivity index (χ0n) is 11.7. The summed E-state index contributed by atoms with van der Waals surface area (Å²) in [4.78, 5) is 25.0. The van der Waals surface area contributed by atoms with Crippen molar-refractivity contribution in [1.82, 2.24) is 0 Å². The second-order valence-electron chi connectivity index (χ2n) is 5.38. The van der Waals surface area contributed by atoms with Gasteiger partial charge in [-0.3, -0.25) is 9.59 Å². The molecule has 20 heavy (non-hydrogen) atoms. The Labute approximate surface area is 131 Å². The highest BCUT2D eigenvalue weighted by atomic mass is 79.9. The Bertz CT molecular complexity index is 542. The smallest absolute Gasteiger partial charge is 0.312 e. The molecule has 2 rings (SSSR count). The van der Waals surface area contributed by atoms with Crippen molar-refractivity contribution in [2.75, 3.05) is 7.11 Å². The van der Waals surface area contributed by atoms with E-state index in [4.69, 9.17) is 4.74 Å². The van der Waals surface area contributed by atoms with E-state index in [1.54, 1.807) is 11.8 Å². The Hall–Kier alpha value is -0.810. The highest BCUT2D eigenvalue weighted by molar-refractivity contribution is 9.10. The lowest BCUT2D eigenvalue weighted by atomic mass is 9.86. The summed E-state index contributed by atoms with van der Waals surface area (Å²) in [7, 11) is 1.40. The summed E-state index contributed by atoms with van der Waals surface area (Å²) in [5, 5.41) is -0.0214. The van der Waals surface area contributed by atoms with Crippen LogP contribution in [-0.2, 0) is 9.53 Å². The second-order valence-corrected chi connectivity index (χ2v) is 7.73. The van der Waals surface area contributed by atoms with E-state index in [0.29, 0.717) is 6.42 Å². The Morgan fingerprint density at radius 2 is 2.05 bits per heavy atom. The molecule has 0 aromatic heterocycles. The molecule has 0 saturated heterocycles. The number of thioether (sulfide) groups is 1. The number of esters is 1. The molecule has 0 radical (unpaired) electrons. The summed E-state index contributed by atoms with van der Waals surface area (Å²) in [5.41, 5.74) is 0.0749. The molecule has 1 aliphatic rings. The molecule has 108 valence electrons. The maximum atomic E-state index is 12.4. The van der Waals surface area contributed by atoms with Gasteiger partial charge in [0.2, 0.25) is 0 Å². The van der Waals surface area contributed by atoms with Crippen molar-refractivity contribution in [3.8, 4) is 0 Å². The minimum absolute atomic E-state index is 0.0214. The molecule has 1 aliphatic heterocycles. The third-order valence-corrected chi connectivity index (χ3v) is 6.11. The van der Waals surface area contributed by atoms with Crippen molar-refractivity contribution in [3.05, 3.63) is 29.8 Å². The Morgan fingerprint density at radius 1 is 1.40 bits per heavy atom. The predicted octanol–water partition coefficient (Wildman–Crippen LogP) is 3.70. The fraction of sp³-hybridized carbons (Fsp3) is 0.467. The number of methoxy groups -OCH3 is 1. The zero-order valence-corrected chi connectivity index (χ0v) is 14.1. The summed E-state index contributed by atoms with van der Waals surface area (Å²) in [5.74, 6) is -0.169. The van der Waals surface area contributed by atoms with Crippen LogP contribution in [0.15, 0.2) is 29.2 Å². The number of hydrogen-bond donors (Lipinski definition) is 0. The van der Waals surface area contributed by atoms with E-state index in [-0.39, 0.29) is 21.8 Å². The molecule has 5 heteroatoms. The molecule has 2 atom stereocenters. The van der Waals surface area contributed by atoms with Crippen molar-refractivity contribution >= 4 is 39.4 Å². The van der Waals surface area contributed by atoms with Crippen LogP contribution in [0.25, 0.3) is 0 Å². The molecule has 1 aromatic rings. The molecule has 0 saturated carbocycles. The average Bonchev–Trinajstić information content (AvgIpc) is 2.56. The van der Waals surface area contributed by atoms with Crippen molar-refractivity contribution < 1.29 is 14.3 Å². The molecule has 0 aliphatic carbocycles. The van der Waals surface area contributed by atoms with Crippen LogP contribution in [0.2, 0.25) is 0 Å². The van der Waals surface area contributed by atoms with Crippen LogP contribution in [0.1, 0.15) is 30.6 Å². The molecule has 0 N–H and O–H groups in total. The number of fused-ring (bicyclic) bond motifs is 1. The minimum Gasteiger partial charge on any atom is -0.469 e. The number of halogens is 1. The Morgan fingerprint density at radius 3 is 2.70 bits per heavy atom. The van der Waals surface area contributed by atoms with E-state index in [1.807, 2.05) is 38.1 Å². The summed E-state index contributed by atoms with van der Waals surface area (Å²) in [6.07, 6.45) is 0.598. The van der Waals surface area contributed by atoms with Gasteiger partial charge < -0.3 is 4.74 Å². The lowest BCUT2D eigenvalue weighted by Crippen LogP contribution is -2.37. The molecule has 3 nitrogen and oxygen atoms in total. The quantitative estimate of drug-likeness (QED) is 0.598. The SMILES string of the molecule is COC(=O)C(C)(C)C1CC(Br)C(=O)c2ccccc2S1. The van der Waals surface area contributed by atoms with E-state index < -0.39 is 5.41 Å². The van der Waals surface area contributed by atoms with Crippen LogP contribution in [-0.4, -0.2) is 28.9 Å². The van der Waals surface area contributed by atoms with Crippen molar-refractivity contribution in [2.24, 2.45) is 5.41 Å². The third kappa shape index (κ3) is 2.79. The number of Topliss-reactive ketones (excluding diaryl/α,β-unsaturated/α-hetero) is 1. The van der Waals surface area contributed by atoms with Crippen LogP contribution in [0.5, 0.6) is 0 Å². The van der Waals surface area contributed by atoms with Gasteiger partial charge in [0, 0.05) is 15.7 Å². The molecule has 1 aromatic carbocycles. The van der Waals surface area contributed by atoms with Gasteiger partial charge in [-0.1, -0.05) is 34.1 Å². The maximum absolute atomic E-state index is 12.4. The largest absolute Gasteiger partial charge is 0.469 e. The monoisotopic (exact) mass is 356 g/mol. The van der Waals surface area contributed by atoms with Gasteiger partial charge in [-0.25, -0.2) is 0 Å². The molecule has 2 unspecified atom stereocenters. The van der Waals surface area contributed by atoms with Gasteiger partial charge in [-0.2, -0.15) is 0 Å². The standard InChI is InChI=1S/C15H17BrO3S/c1-15(2,14(18)19-3)12-8-10(16)13(17)9-6-4-5-7-11(9)20-12/h4-7,10,12H,8H2,1-3H3. The van der Waals surface area contributed by atoms with Crippen LogP contribution in [0.4, 0.5) is 0 Å². The van der Waals surface area contributed by atoms with Crippen molar-refractivity contribution in [2.45, 2.75) is 35.2 Å². The summed E-state index contributed by atoms with van der Waals surface area (Å²) < 4.78 is 4.91. The first kappa shape index (κ1) is 15.6. The molecule has 0 fully saturated rings. The maximum Gasteiger partial charge on any atom is 0.312 e. The highest BCUT2D eigenvalue weighted by Gasteiger charge is 2.42. The number of benzene rings is 1. The number of ether oxygens (including phenoxy) is 1. The van der Waals surface area contributed by atoms with Gasteiger partial charge >= 0.3 is 5.97 Å². The summed E-state index contributed by atoms with van der Waals surface area (Å²) in [6, 6.07) is 7.55. The summed E-state index contributed by atoms with van der Waals surface area (Å²) in [6.45, 7) is 3.74. The van der Waals surface area contributed by atoms with Gasteiger partial charge in [0.15, 0.2) is 5.78 Å². The van der Waals surface area contributed by atoms with Crippen molar-refractivity contribution in [3.63, 3.8) is 0 Å². The minimum atomic E-state index is -0.650. The molecular formula is C15H17BrO3S. The first-order chi connectivity index (χ1) is 9.37. The van der Waals surface area contributed by atoms with E-state index in [9.17, 15) is 9.59 Å². The number of hydrogen-bond acceptors (Lipinski definition) is 4. The lowest BCUT2D eigenvalue weighted by Gasteiger charge is -2.31. The molecule has 1 heterocycles. The van der Waals surface area contributed by atoms with E-state index in [2.05, 4.69) is 15.9 Å². The van der Waals surface area contributed by atoms with Gasteiger partial charge in [-0.15, -0.1) is 11.8 Å². The van der Waals surface area contributed by atoms with Gasteiger partial charge in [0.1, 0.15) is 0 Å². The van der Waals surface area contributed by atoms with Crippen molar-refractivity contribution in [1.29, 1.82) is 0 Å². The summed E-state index contributed by atoms with van der Waals surface area (Å²) >= 11 is 5.05. The van der Waals surface area contributed by atoms with E-state index in [1.165, 1.54) is 7.11 Å². The Kier molecular flexibility index (Phi) is 4.59. The van der Waals surface area contributed by atoms with Gasteiger partial charge in [0.25, 0.3) is 0 Å². The molecule has 0 spiro atoms. The second kappa shape index (κ2) is 5.90.